The molecule has 2 aromatic rings. The second kappa shape index (κ2) is 5.42. The molecule has 1 unspecified atom stereocenters. The fourth-order valence-corrected chi connectivity index (χ4v) is 2.04. The SMILES string of the molecule is NC(CNC(=O)c1cnn(-c2ccccc2)n1)C1CC1. The average Bonchev–Trinajstić information content (AvgIpc) is 3.22. The zero-order chi connectivity index (χ0) is 13.9. The second-order valence-corrected chi connectivity index (χ2v) is 5.07. The molecule has 1 atom stereocenters. The van der Waals surface area contributed by atoms with Gasteiger partial charge in [0, 0.05) is 12.6 Å². The number of hydrogen-bond acceptors (Lipinski definition) is 4. The normalized spacial score (nSPS) is 15.8. The minimum atomic E-state index is -0.233. The highest BCUT2D eigenvalue weighted by Gasteiger charge is 2.28. The summed E-state index contributed by atoms with van der Waals surface area (Å²) in [5.41, 5.74) is 7.07. The highest BCUT2D eigenvalue weighted by molar-refractivity contribution is 5.91. The fraction of sp³-hybridized carbons (Fsp3) is 0.357. The first-order valence-electron chi connectivity index (χ1n) is 6.75. The molecule has 0 radical (unpaired) electrons. The minimum Gasteiger partial charge on any atom is -0.349 e. The Morgan fingerprint density at radius 2 is 2.15 bits per heavy atom. The zero-order valence-corrected chi connectivity index (χ0v) is 11.1. The molecule has 0 spiro atoms. The number of amides is 1. The van der Waals surface area contributed by atoms with Gasteiger partial charge in [-0.1, -0.05) is 18.2 Å². The van der Waals surface area contributed by atoms with Gasteiger partial charge >= 0.3 is 0 Å². The van der Waals surface area contributed by atoms with E-state index in [4.69, 9.17) is 5.73 Å². The maximum atomic E-state index is 12.0. The van der Waals surface area contributed by atoms with Gasteiger partial charge in [-0.25, -0.2) is 0 Å². The van der Waals surface area contributed by atoms with Gasteiger partial charge in [0.1, 0.15) is 0 Å². The molecule has 1 aliphatic rings. The quantitative estimate of drug-likeness (QED) is 0.839. The fourth-order valence-electron chi connectivity index (χ4n) is 2.04. The van der Waals surface area contributed by atoms with Crippen molar-refractivity contribution in [3.8, 4) is 5.69 Å². The molecular formula is C14H17N5O. The molecule has 1 fully saturated rings. The molecule has 1 heterocycles. The molecule has 3 N–H and O–H groups in total. The predicted octanol–water partition coefficient (Wildman–Crippen LogP) is 0.734. The molecule has 1 aromatic carbocycles. The monoisotopic (exact) mass is 271 g/mol. The van der Waals surface area contributed by atoms with Crippen LogP contribution in [-0.4, -0.2) is 33.5 Å². The molecule has 1 aliphatic carbocycles. The molecule has 6 heteroatoms. The van der Waals surface area contributed by atoms with E-state index in [1.165, 1.54) is 23.8 Å². The summed E-state index contributed by atoms with van der Waals surface area (Å²) in [7, 11) is 0. The van der Waals surface area contributed by atoms with Crippen molar-refractivity contribution in [1.82, 2.24) is 20.3 Å². The average molecular weight is 271 g/mol. The Morgan fingerprint density at radius 1 is 1.40 bits per heavy atom. The van der Waals surface area contributed by atoms with Crippen LogP contribution in [0.5, 0.6) is 0 Å². The molecular weight excluding hydrogens is 254 g/mol. The third-order valence-electron chi connectivity index (χ3n) is 3.44. The lowest BCUT2D eigenvalue weighted by Gasteiger charge is -2.10. The van der Waals surface area contributed by atoms with Crippen LogP contribution in [0.1, 0.15) is 23.3 Å². The Morgan fingerprint density at radius 3 is 2.85 bits per heavy atom. The molecule has 1 aromatic heterocycles. The Labute approximate surface area is 117 Å². The smallest absolute Gasteiger partial charge is 0.273 e. The number of nitrogens with two attached hydrogens (primary N) is 1. The van der Waals surface area contributed by atoms with Gasteiger partial charge in [0.05, 0.1) is 11.9 Å². The van der Waals surface area contributed by atoms with E-state index >= 15 is 0 Å². The van der Waals surface area contributed by atoms with Crippen molar-refractivity contribution in [3.63, 3.8) is 0 Å². The standard InChI is InChI=1S/C14H17N5O/c15-12(10-6-7-10)8-16-14(20)13-9-17-19(18-13)11-4-2-1-3-5-11/h1-5,9-10,12H,6-8,15H2,(H,16,20). The number of nitrogens with zero attached hydrogens (tertiary/aromatic N) is 3. The Kier molecular flexibility index (Phi) is 3.47. The molecule has 0 bridgehead atoms. The molecule has 1 saturated carbocycles. The molecule has 1 amide bonds. The topological polar surface area (TPSA) is 85.8 Å². The third-order valence-corrected chi connectivity index (χ3v) is 3.44. The van der Waals surface area contributed by atoms with Gasteiger partial charge in [-0.2, -0.15) is 9.90 Å². The van der Waals surface area contributed by atoms with E-state index in [2.05, 4.69) is 15.5 Å². The first kappa shape index (κ1) is 12.8. The number of carbonyl (C=O) groups is 1. The number of hydrogen-bond donors (Lipinski definition) is 2. The molecule has 6 nitrogen and oxygen atoms in total. The van der Waals surface area contributed by atoms with E-state index in [0.29, 0.717) is 18.2 Å². The van der Waals surface area contributed by atoms with Gasteiger partial charge in [0.25, 0.3) is 5.91 Å². The van der Waals surface area contributed by atoms with Crippen molar-refractivity contribution in [2.75, 3.05) is 6.54 Å². The highest BCUT2D eigenvalue weighted by Crippen LogP contribution is 2.31. The lowest BCUT2D eigenvalue weighted by molar-refractivity contribution is 0.0945. The minimum absolute atomic E-state index is 0.0446. The van der Waals surface area contributed by atoms with Crippen LogP contribution in [0.4, 0.5) is 0 Å². The number of para-hydroxylation sites is 1. The zero-order valence-electron chi connectivity index (χ0n) is 11.1. The third kappa shape index (κ3) is 2.85. The predicted molar refractivity (Wildman–Crippen MR) is 74.4 cm³/mol. The summed E-state index contributed by atoms with van der Waals surface area (Å²) >= 11 is 0. The number of rotatable bonds is 5. The highest BCUT2D eigenvalue weighted by atomic mass is 16.2. The van der Waals surface area contributed by atoms with Crippen molar-refractivity contribution in [2.45, 2.75) is 18.9 Å². The molecule has 3 rings (SSSR count). The second-order valence-electron chi connectivity index (χ2n) is 5.07. The van der Waals surface area contributed by atoms with Crippen LogP contribution >= 0.6 is 0 Å². The van der Waals surface area contributed by atoms with E-state index in [1.807, 2.05) is 30.3 Å². The van der Waals surface area contributed by atoms with Gasteiger partial charge < -0.3 is 11.1 Å². The van der Waals surface area contributed by atoms with Gasteiger partial charge in [-0.15, -0.1) is 5.10 Å². The first-order chi connectivity index (χ1) is 9.74. The lowest BCUT2D eigenvalue weighted by Crippen LogP contribution is -2.38. The molecule has 0 saturated heterocycles. The maximum absolute atomic E-state index is 12.0. The van der Waals surface area contributed by atoms with Crippen LogP contribution in [-0.2, 0) is 0 Å². The van der Waals surface area contributed by atoms with Gasteiger partial charge in [0.2, 0.25) is 0 Å². The maximum Gasteiger partial charge on any atom is 0.273 e. The Balaban J connectivity index is 1.62. The Hall–Kier alpha value is -2.21. The summed E-state index contributed by atoms with van der Waals surface area (Å²) in [4.78, 5) is 13.4. The Bertz CT molecular complexity index is 591. The molecule has 0 aliphatic heterocycles. The molecule has 104 valence electrons. The van der Waals surface area contributed by atoms with E-state index in [-0.39, 0.29) is 11.9 Å². The van der Waals surface area contributed by atoms with Crippen LogP contribution in [0.2, 0.25) is 0 Å². The van der Waals surface area contributed by atoms with Gasteiger partial charge in [-0.3, -0.25) is 4.79 Å². The summed E-state index contributed by atoms with van der Waals surface area (Å²) in [5.74, 6) is 0.332. The van der Waals surface area contributed by atoms with Crippen LogP contribution < -0.4 is 11.1 Å². The molecule has 20 heavy (non-hydrogen) atoms. The van der Waals surface area contributed by atoms with E-state index < -0.39 is 0 Å². The first-order valence-corrected chi connectivity index (χ1v) is 6.75. The van der Waals surface area contributed by atoms with Crippen molar-refractivity contribution >= 4 is 5.91 Å². The summed E-state index contributed by atoms with van der Waals surface area (Å²) in [6, 6.07) is 9.51. The van der Waals surface area contributed by atoms with Gasteiger partial charge in [0.15, 0.2) is 5.69 Å². The number of nitrogens with one attached hydrogen (secondary N) is 1. The van der Waals surface area contributed by atoms with E-state index in [0.717, 1.165) is 5.69 Å². The van der Waals surface area contributed by atoms with Crippen LogP contribution in [0, 0.1) is 5.92 Å². The van der Waals surface area contributed by atoms with Gasteiger partial charge in [-0.05, 0) is 30.9 Å². The summed E-state index contributed by atoms with van der Waals surface area (Å²) in [6.45, 7) is 0.488. The van der Waals surface area contributed by atoms with Crippen molar-refractivity contribution in [1.29, 1.82) is 0 Å². The number of aromatic nitrogens is 3. The largest absolute Gasteiger partial charge is 0.349 e. The van der Waals surface area contributed by atoms with E-state index in [1.54, 1.807) is 0 Å². The van der Waals surface area contributed by atoms with Crippen LogP contribution in [0.15, 0.2) is 36.5 Å². The van der Waals surface area contributed by atoms with Crippen molar-refractivity contribution in [3.05, 3.63) is 42.2 Å². The van der Waals surface area contributed by atoms with E-state index in [9.17, 15) is 4.79 Å². The number of carbonyl (C=O) groups excluding carboxylic acids is 1. The summed E-state index contributed by atoms with van der Waals surface area (Å²) in [6.07, 6.45) is 3.80. The number of benzene rings is 1. The van der Waals surface area contributed by atoms with Crippen LogP contribution in [0.25, 0.3) is 5.69 Å². The lowest BCUT2D eigenvalue weighted by atomic mass is 10.2. The van der Waals surface area contributed by atoms with Crippen molar-refractivity contribution in [2.24, 2.45) is 11.7 Å². The van der Waals surface area contributed by atoms with Crippen molar-refractivity contribution < 1.29 is 4.79 Å². The van der Waals surface area contributed by atoms with Crippen LogP contribution in [0.3, 0.4) is 0 Å². The summed E-state index contributed by atoms with van der Waals surface area (Å²) in [5, 5.41) is 11.1. The summed E-state index contributed by atoms with van der Waals surface area (Å²) < 4.78 is 0.